The summed E-state index contributed by atoms with van der Waals surface area (Å²) in [5, 5.41) is 0. The minimum Gasteiger partial charge on any atom is -0.339 e. The summed E-state index contributed by atoms with van der Waals surface area (Å²) in [5.41, 5.74) is 1.86. The fourth-order valence-electron chi connectivity index (χ4n) is 2.94. The maximum Gasteiger partial charge on any atom is 0.266 e. The van der Waals surface area contributed by atoms with Crippen molar-refractivity contribution in [1.29, 1.82) is 0 Å². The summed E-state index contributed by atoms with van der Waals surface area (Å²) in [5.74, 6) is 0. The first-order valence-electron chi connectivity index (χ1n) is 8.01. The second kappa shape index (κ2) is 6.90. The van der Waals surface area contributed by atoms with E-state index in [4.69, 9.17) is 4.18 Å². The van der Waals surface area contributed by atoms with Crippen molar-refractivity contribution in [2.75, 3.05) is 35.7 Å². The zero-order valence-corrected chi connectivity index (χ0v) is 16.1. The molecule has 0 atom stereocenters. The molecule has 0 saturated heterocycles. The van der Waals surface area contributed by atoms with Gasteiger partial charge in [0.05, 0.1) is 29.9 Å². The lowest BCUT2D eigenvalue weighted by atomic mass is 10.2. The molecule has 0 unspecified atom stereocenters. The molecule has 1 aliphatic rings. The van der Waals surface area contributed by atoms with E-state index < -0.39 is 20.1 Å². The quantitative estimate of drug-likeness (QED) is 0.570. The van der Waals surface area contributed by atoms with Gasteiger partial charge in [-0.3, -0.25) is 8.49 Å². The first kappa shape index (κ1) is 18.7. The Bertz CT molecular complexity index is 1020. The smallest absolute Gasteiger partial charge is 0.266 e. The van der Waals surface area contributed by atoms with Gasteiger partial charge in [0.2, 0.25) is 0 Å². The molecule has 0 aromatic heterocycles. The van der Waals surface area contributed by atoms with Crippen molar-refractivity contribution in [2.24, 2.45) is 0 Å². The van der Waals surface area contributed by atoms with Gasteiger partial charge in [0.25, 0.3) is 20.1 Å². The number of fused-ring (bicyclic) bond motifs is 2. The monoisotopic (exact) mass is 396 g/mol. The molecule has 1 heterocycles. The van der Waals surface area contributed by atoms with Gasteiger partial charge in [-0.15, -0.1) is 0 Å². The third-order valence-corrected chi connectivity index (χ3v) is 6.54. The van der Waals surface area contributed by atoms with Crippen molar-refractivity contribution in [3.05, 3.63) is 48.5 Å². The molecule has 0 saturated carbocycles. The third-order valence-electron chi connectivity index (χ3n) is 4.13. The first-order chi connectivity index (χ1) is 12.2. The predicted octanol–water partition coefficient (Wildman–Crippen LogP) is 2.33. The van der Waals surface area contributed by atoms with Crippen LogP contribution in [0.1, 0.15) is 6.42 Å². The summed E-state index contributed by atoms with van der Waals surface area (Å²) in [6, 6.07) is 14.0. The van der Waals surface area contributed by atoms with Crippen LogP contribution in [0.5, 0.6) is 0 Å². The molecule has 3 rings (SSSR count). The molecule has 2 aromatic carbocycles. The number of rotatable bonds is 5. The van der Waals surface area contributed by atoms with Gasteiger partial charge in [0.15, 0.2) is 0 Å². The van der Waals surface area contributed by atoms with E-state index >= 15 is 0 Å². The van der Waals surface area contributed by atoms with Crippen LogP contribution in [-0.2, 0) is 24.3 Å². The van der Waals surface area contributed by atoms with Crippen molar-refractivity contribution in [3.63, 3.8) is 0 Å². The van der Waals surface area contributed by atoms with Crippen LogP contribution < -0.4 is 9.21 Å². The molecule has 0 N–H and O–H groups in total. The molecule has 0 aliphatic carbocycles. The first-order valence-corrected chi connectivity index (χ1v) is 11.3. The molecule has 0 bridgehead atoms. The molecular weight excluding hydrogens is 376 g/mol. The highest BCUT2D eigenvalue weighted by atomic mass is 32.2. The predicted molar refractivity (Wildman–Crippen MR) is 101 cm³/mol. The molecular formula is C17H20N2O5S2. The molecule has 9 heteroatoms. The van der Waals surface area contributed by atoms with E-state index in [0.717, 1.165) is 11.9 Å². The Kier molecular flexibility index (Phi) is 4.96. The van der Waals surface area contributed by atoms with Gasteiger partial charge >= 0.3 is 0 Å². The summed E-state index contributed by atoms with van der Waals surface area (Å²) in [6.07, 6.45) is 1.42. The fraction of sp³-hybridized carbons (Fsp3) is 0.294. The van der Waals surface area contributed by atoms with Crippen molar-refractivity contribution in [3.8, 4) is 0 Å². The van der Waals surface area contributed by atoms with Gasteiger partial charge in [-0.05, 0) is 30.7 Å². The Morgan fingerprint density at radius 1 is 0.962 bits per heavy atom. The number of nitrogens with zero attached hydrogens (tertiary/aromatic N) is 2. The SMILES string of the molecule is CN1c2ccccc2N(CCCOS(C)(=O)=O)c2ccccc2S1(=O)=O. The van der Waals surface area contributed by atoms with Gasteiger partial charge in [-0.1, -0.05) is 24.3 Å². The summed E-state index contributed by atoms with van der Waals surface area (Å²) in [4.78, 5) is 2.10. The van der Waals surface area contributed by atoms with E-state index in [-0.39, 0.29) is 11.5 Å². The molecule has 7 nitrogen and oxygen atoms in total. The summed E-state index contributed by atoms with van der Waals surface area (Å²) >= 11 is 0. The van der Waals surface area contributed by atoms with Crippen LogP contribution in [0.15, 0.2) is 53.4 Å². The van der Waals surface area contributed by atoms with Crippen molar-refractivity contribution >= 4 is 37.2 Å². The van der Waals surface area contributed by atoms with Crippen LogP contribution in [0, 0.1) is 0 Å². The molecule has 140 valence electrons. The average Bonchev–Trinajstić information content (AvgIpc) is 2.66. The lowest BCUT2D eigenvalue weighted by Crippen LogP contribution is -2.25. The van der Waals surface area contributed by atoms with Gasteiger partial charge in [0, 0.05) is 13.6 Å². The number of sulfonamides is 1. The van der Waals surface area contributed by atoms with Crippen molar-refractivity contribution in [2.45, 2.75) is 11.3 Å². The Hall–Kier alpha value is -2.10. The minimum absolute atomic E-state index is 0.0300. The zero-order chi connectivity index (χ0) is 18.9. The van der Waals surface area contributed by atoms with Crippen LogP contribution >= 0.6 is 0 Å². The van der Waals surface area contributed by atoms with Gasteiger partial charge in [-0.2, -0.15) is 8.42 Å². The summed E-state index contributed by atoms with van der Waals surface area (Å²) in [7, 11) is -5.67. The van der Waals surface area contributed by atoms with Crippen molar-refractivity contribution in [1.82, 2.24) is 0 Å². The van der Waals surface area contributed by atoms with Gasteiger partial charge in [-0.25, -0.2) is 8.42 Å². The lowest BCUT2D eigenvalue weighted by Gasteiger charge is -2.26. The molecule has 0 amide bonds. The molecule has 2 aromatic rings. The zero-order valence-electron chi connectivity index (χ0n) is 14.5. The maximum absolute atomic E-state index is 13.0. The molecule has 0 fully saturated rings. The second-order valence-corrected chi connectivity index (χ2v) is 9.54. The highest BCUT2D eigenvalue weighted by Crippen LogP contribution is 2.42. The second-order valence-electron chi connectivity index (χ2n) is 5.96. The Labute approximate surface area is 154 Å². The Balaban J connectivity index is 2.04. The van der Waals surface area contributed by atoms with Crippen LogP contribution in [0.2, 0.25) is 0 Å². The van der Waals surface area contributed by atoms with Crippen LogP contribution in [-0.4, -0.2) is 43.3 Å². The minimum atomic E-state index is -3.69. The fourth-order valence-corrected chi connectivity index (χ4v) is 4.76. The topological polar surface area (TPSA) is 84.0 Å². The normalized spacial score (nSPS) is 15.9. The number of hydrogen-bond donors (Lipinski definition) is 0. The van der Waals surface area contributed by atoms with E-state index in [1.807, 2.05) is 17.0 Å². The molecule has 0 radical (unpaired) electrons. The standard InChI is InChI=1S/C17H20N2O5S2/c1-18-14-8-3-4-9-15(14)19(12-7-13-24-25(2,20)21)16-10-5-6-11-17(16)26(18,22)23/h3-6,8-11H,7,12-13H2,1-2H3. The number of anilines is 3. The highest BCUT2D eigenvalue weighted by molar-refractivity contribution is 7.93. The lowest BCUT2D eigenvalue weighted by molar-refractivity contribution is 0.318. The summed E-state index contributed by atoms with van der Waals surface area (Å²) in [6.45, 7) is 0.440. The van der Waals surface area contributed by atoms with E-state index in [0.29, 0.717) is 24.3 Å². The third kappa shape index (κ3) is 3.55. The van der Waals surface area contributed by atoms with E-state index in [2.05, 4.69) is 0 Å². The van der Waals surface area contributed by atoms with Crippen LogP contribution in [0.4, 0.5) is 17.1 Å². The van der Waals surface area contributed by atoms with E-state index in [1.165, 1.54) is 11.4 Å². The maximum atomic E-state index is 13.0. The van der Waals surface area contributed by atoms with E-state index in [1.54, 1.807) is 36.4 Å². The molecule has 0 spiro atoms. The number of hydrogen-bond acceptors (Lipinski definition) is 6. The average molecular weight is 396 g/mol. The van der Waals surface area contributed by atoms with E-state index in [9.17, 15) is 16.8 Å². The Morgan fingerprint density at radius 2 is 1.54 bits per heavy atom. The van der Waals surface area contributed by atoms with Crippen LogP contribution in [0.3, 0.4) is 0 Å². The largest absolute Gasteiger partial charge is 0.339 e. The number of benzene rings is 2. The van der Waals surface area contributed by atoms with Gasteiger partial charge < -0.3 is 4.90 Å². The van der Waals surface area contributed by atoms with Crippen LogP contribution in [0.25, 0.3) is 0 Å². The van der Waals surface area contributed by atoms with Gasteiger partial charge in [0.1, 0.15) is 4.90 Å². The molecule has 26 heavy (non-hydrogen) atoms. The number of para-hydroxylation sites is 3. The Morgan fingerprint density at radius 3 is 2.19 bits per heavy atom. The summed E-state index contributed by atoms with van der Waals surface area (Å²) < 4.78 is 54.3. The highest BCUT2D eigenvalue weighted by Gasteiger charge is 2.32. The molecule has 1 aliphatic heterocycles. The van der Waals surface area contributed by atoms with Crippen molar-refractivity contribution < 1.29 is 21.0 Å².